The number of halogens is 1. The fraction of sp³-hybridized carbons (Fsp3) is 0.375. The van der Waals surface area contributed by atoms with E-state index in [1.807, 2.05) is 45.0 Å². The van der Waals surface area contributed by atoms with Crippen molar-refractivity contribution in [3.05, 3.63) is 120 Å². The molecule has 1 fully saturated rings. The van der Waals surface area contributed by atoms with Crippen LogP contribution >= 0.6 is 24.2 Å². The van der Waals surface area contributed by atoms with Gasteiger partial charge in [0.15, 0.2) is 0 Å². The minimum atomic E-state index is 0.106. The highest BCUT2D eigenvalue weighted by atomic mass is 35.5. The summed E-state index contributed by atoms with van der Waals surface area (Å²) in [4.78, 5) is 0. The predicted octanol–water partition coefficient (Wildman–Crippen LogP) is 10.5. The van der Waals surface area contributed by atoms with E-state index in [0.29, 0.717) is 5.92 Å². The summed E-state index contributed by atoms with van der Waals surface area (Å²) in [6.45, 7) is 22.8. The predicted molar refractivity (Wildman–Crippen MR) is 161 cm³/mol. The lowest BCUT2D eigenvalue weighted by atomic mass is 9.63. The summed E-state index contributed by atoms with van der Waals surface area (Å²) in [6.07, 6.45) is 12.3. The highest BCUT2D eigenvalue weighted by molar-refractivity contribution is 7.80. The third kappa shape index (κ3) is 10.5. The average Bonchev–Trinajstić information content (AvgIpc) is 2.88. The standard InChI is InChI=1S/C21H28S.C7H7Cl.C2H6.C2H4/c1-4-21(20-12-8-7-10-18(20)3)14-13-17(2)19(16-21)11-6-5-9-15-22;1-6-2-4-7(8)5-3-6;2*1-2/h4-8,10,12,19,22H,1-2,9,11,13-16H2,3H3;2-5H,1H3;1-2H3;1-2H2/b6-5-;;;. The van der Waals surface area contributed by atoms with Crippen LogP contribution in [0.5, 0.6) is 0 Å². The molecule has 0 amide bonds. The summed E-state index contributed by atoms with van der Waals surface area (Å²) in [5, 5.41) is 0.801. The summed E-state index contributed by atoms with van der Waals surface area (Å²) < 4.78 is 0. The Morgan fingerprint density at radius 2 is 1.65 bits per heavy atom. The molecule has 1 aliphatic rings. The molecule has 0 aliphatic heterocycles. The van der Waals surface area contributed by atoms with Crippen molar-refractivity contribution >= 4 is 24.2 Å². The van der Waals surface area contributed by atoms with Crippen molar-refractivity contribution in [2.45, 2.75) is 65.2 Å². The van der Waals surface area contributed by atoms with Gasteiger partial charge in [0.05, 0.1) is 0 Å². The van der Waals surface area contributed by atoms with Gasteiger partial charge in [0.25, 0.3) is 0 Å². The van der Waals surface area contributed by atoms with Crippen LogP contribution in [-0.4, -0.2) is 5.75 Å². The quantitative estimate of drug-likeness (QED) is 0.298. The first-order chi connectivity index (χ1) is 16.4. The maximum absolute atomic E-state index is 5.61. The zero-order chi connectivity index (χ0) is 26.0. The first-order valence-corrected chi connectivity index (χ1v) is 13.3. The molecular weight excluding hydrogens is 452 g/mol. The van der Waals surface area contributed by atoms with Gasteiger partial charge in [-0.2, -0.15) is 12.6 Å². The van der Waals surface area contributed by atoms with E-state index in [9.17, 15) is 0 Å². The summed E-state index contributed by atoms with van der Waals surface area (Å²) in [5.41, 5.74) is 5.58. The average molecular weight is 497 g/mol. The number of rotatable bonds is 6. The van der Waals surface area contributed by atoms with Crippen LogP contribution in [0.2, 0.25) is 5.02 Å². The van der Waals surface area contributed by atoms with E-state index in [1.165, 1.54) is 22.3 Å². The van der Waals surface area contributed by atoms with Crippen molar-refractivity contribution in [1.82, 2.24) is 0 Å². The second-order valence-corrected chi connectivity index (χ2v) is 9.13. The van der Waals surface area contributed by atoms with Crippen LogP contribution in [0.15, 0.2) is 98.6 Å². The van der Waals surface area contributed by atoms with Gasteiger partial charge in [-0.25, -0.2) is 0 Å². The molecule has 186 valence electrons. The van der Waals surface area contributed by atoms with Gasteiger partial charge in [-0.3, -0.25) is 0 Å². The number of benzene rings is 2. The Labute approximate surface area is 220 Å². The molecule has 0 spiro atoms. The van der Waals surface area contributed by atoms with Crippen molar-refractivity contribution < 1.29 is 0 Å². The molecule has 0 radical (unpaired) electrons. The van der Waals surface area contributed by atoms with E-state index in [2.05, 4.69) is 88.4 Å². The number of hydrogen-bond acceptors (Lipinski definition) is 1. The van der Waals surface area contributed by atoms with Gasteiger partial charge in [0.2, 0.25) is 0 Å². The molecule has 2 aromatic rings. The van der Waals surface area contributed by atoms with Gasteiger partial charge in [0, 0.05) is 10.4 Å². The van der Waals surface area contributed by atoms with E-state index >= 15 is 0 Å². The van der Waals surface area contributed by atoms with Crippen molar-refractivity contribution in [1.29, 1.82) is 0 Å². The third-order valence-corrected chi connectivity index (χ3v) is 6.56. The largest absolute Gasteiger partial charge is 0.179 e. The minimum Gasteiger partial charge on any atom is -0.179 e. The molecule has 1 aliphatic carbocycles. The molecule has 2 atom stereocenters. The summed E-state index contributed by atoms with van der Waals surface area (Å²) >= 11 is 9.87. The van der Waals surface area contributed by atoms with Crippen molar-refractivity contribution in [3.8, 4) is 0 Å². The molecule has 2 heteroatoms. The molecule has 0 saturated heterocycles. The van der Waals surface area contributed by atoms with Crippen LogP contribution in [0.25, 0.3) is 0 Å². The van der Waals surface area contributed by atoms with Gasteiger partial charge in [-0.1, -0.05) is 97.8 Å². The van der Waals surface area contributed by atoms with Crippen LogP contribution in [-0.2, 0) is 5.41 Å². The molecule has 2 unspecified atom stereocenters. The number of allylic oxidation sites excluding steroid dienone is 4. The van der Waals surface area contributed by atoms with Gasteiger partial charge in [-0.15, -0.1) is 19.7 Å². The highest BCUT2D eigenvalue weighted by Crippen LogP contribution is 2.46. The molecule has 0 nitrogen and oxygen atoms in total. The Hall–Kier alpha value is -1.96. The van der Waals surface area contributed by atoms with Gasteiger partial charge >= 0.3 is 0 Å². The molecule has 34 heavy (non-hydrogen) atoms. The van der Waals surface area contributed by atoms with E-state index in [4.69, 9.17) is 11.6 Å². The Morgan fingerprint density at radius 3 is 2.18 bits per heavy atom. The van der Waals surface area contributed by atoms with Crippen molar-refractivity contribution in [3.63, 3.8) is 0 Å². The fourth-order valence-corrected chi connectivity index (χ4v) is 4.46. The van der Waals surface area contributed by atoms with Crippen molar-refractivity contribution in [2.24, 2.45) is 5.92 Å². The molecule has 3 rings (SSSR count). The van der Waals surface area contributed by atoms with Gasteiger partial charge in [-0.05, 0) is 80.9 Å². The first kappa shape index (κ1) is 32.0. The van der Waals surface area contributed by atoms with Gasteiger partial charge in [0.1, 0.15) is 0 Å². The van der Waals surface area contributed by atoms with E-state index in [0.717, 1.165) is 42.9 Å². The van der Waals surface area contributed by atoms with E-state index < -0.39 is 0 Å². The lowest BCUT2D eigenvalue weighted by Crippen LogP contribution is -2.32. The van der Waals surface area contributed by atoms with Crippen LogP contribution in [0, 0.1) is 19.8 Å². The zero-order valence-corrected chi connectivity index (χ0v) is 23.5. The zero-order valence-electron chi connectivity index (χ0n) is 21.8. The minimum absolute atomic E-state index is 0.106. The number of aryl methyl sites for hydroxylation is 2. The van der Waals surface area contributed by atoms with Crippen molar-refractivity contribution in [2.75, 3.05) is 5.75 Å². The SMILES string of the molecule is C=C.C=CC1(c2ccccc2C)CCC(=C)C(C/C=C\CCS)C1.CC.Cc1ccc(Cl)cc1. The second-order valence-electron chi connectivity index (χ2n) is 8.25. The molecule has 0 heterocycles. The number of thiol groups is 1. The highest BCUT2D eigenvalue weighted by Gasteiger charge is 2.37. The second kappa shape index (κ2) is 18.4. The lowest BCUT2D eigenvalue weighted by molar-refractivity contribution is 0.330. The Morgan fingerprint density at radius 1 is 1.03 bits per heavy atom. The Kier molecular flexibility index (Phi) is 17.3. The maximum Gasteiger partial charge on any atom is 0.0406 e. The first-order valence-electron chi connectivity index (χ1n) is 12.3. The van der Waals surface area contributed by atoms with Crippen LogP contribution in [0.1, 0.15) is 62.6 Å². The summed E-state index contributed by atoms with van der Waals surface area (Å²) in [7, 11) is 0. The van der Waals surface area contributed by atoms with Gasteiger partial charge < -0.3 is 0 Å². The molecular formula is C32H45ClS. The maximum atomic E-state index is 5.61. The Balaban J connectivity index is 0.000000755. The normalized spacial score (nSPS) is 19.0. The Bertz CT molecular complexity index is 844. The molecule has 0 bridgehead atoms. The summed E-state index contributed by atoms with van der Waals surface area (Å²) in [6, 6.07) is 16.5. The third-order valence-electron chi connectivity index (χ3n) is 6.05. The van der Waals surface area contributed by atoms with E-state index in [1.54, 1.807) is 0 Å². The fourth-order valence-electron chi connectivity index (χ4n) is 4.18. The molecule has 0 aromatic heterocycles. The lowest BCUT2D eigenvalue weighted by Gasteiger charge is -2.41. The topological polar surface area (TPSA) is 0 Å². The van der Waals surface area contributed by atoms with Crippen LogP contribution in [0.3, 0.4) is 0 Å². The number of hydrogen-bond donors (Lipinski definition) is 1. The van der Waals surface area contributed by atoms with E-state index in [-0.39, 0.29) is 5.41 Å². The smallest absolute Gasteiger partial charge is 0.0406 e. The molecule has 0 N–H and O–H groups in total. The molecule has 2 aromatic carbocycles. The van der Waals surface area contributed by atoms with Crippen LogP contribution in [0.4, 0.5) is 0 Å². The molecule has 1 saturated carbocycles. The summed E-state index contributed by atoms with van der Waals surface area (Å²) in [5.74, 6) is 1.48. The monoisotopic (exact) mass is 496 g/mol. The van der Waals surface area contributed by atoms with Crippen LogP contribution < -0.4 is 0 Å².